The van der Waals surface area contributed by atoms with E-state index in [9.17, 15) is 23.6 Å². The van der Waals surface area contributed by atoms with E-state index in [0.29, 0.717) is 5.56 Å². The molecule has 1 fully saturated rings. The van der Waals surface area contributed by atoms with Crippen molar-refractivity contribution in [2.45, 2.75) is 38.4 Å². The van der Waals surface area contributed by atoms with E-state index < -0.39 is 41.7 Å². The van der Waals surface area contributed by atoms with Crippen LogP contribution in [0, 0.1) is 5.82 Å². The van der Waals surface area contributed by atoms with Gasteiger partial charge in [0.15, 0.2) is 0 Å². The molecule has 1 saturated heterocycles. The summed E-state index contributed by atoms with van der Waals surface area (Å²) in [5, 5.41) is 5.43. The number of carbonyl (C=O) groups is 4. The molecule has 0 radical (unpaired) electrons. The molecule has 192 valence electrons. The monoisotopic (exact) mass is 499 g/mol. The Morgan fingerprint density at radius 2 is 1.92 bits per heavy atom. The van der Waals surface area contributed by atoms with Gasteiger partial charge in [0.05, 0.1) is 13.7 Å². The molecule has 1 aliphatic rings. The van der Waals surface area contributed by atoms with Crippen LogP contribution in [0.3, 0.4) is 0 Å². The van der Waals surface area contributed by atoms with Crippen molar-refractivity contribution in [1.82, 2.24) is 25.4 Å². The van der Waals surface area contributed by atoms with Crippen LogP contribution >= 0.6 is 0 Å². The van der Waals surface area contributed by atoms with E-state index in [2.05, 4.69) is 15.6 Å². The van der Waals surface area contributed by atoms with Crippen LogP contribution in [0.4, 0.5) is 9.18 Å². The molecule has 3 rings (SSSR count). The molecule has 2 heterocycles. The van der Waals surface area contributed by atoms with E-state index in [0.717, 1.165) is 6.07 Å². The van der Waals surface area contributed by atoms with Gasteiger partial charge in [0.2, 0.25) is 5.91 Å². The molecule has 1 aromatic heterocycles. The average molecular weight is 500 g/mol. The van der Waals surface area contributed by atoms with Crippen LogP contribution in [0.15, 0.2) is 48.8 Å². The van der Waals surface area contributed by atoms with Crippen LogP contribution in [-0.2, 0) is 20.7 Å². The fourth-order valence-electron chi connectivity index (χ4n) is 3.93. The number of methoxy groups -OCH3 is 1. The van der Waals surface area contributed by atoms with Gasteiger partial charge in [-0.1, -0.05) is 12.1 Å². The molecule has 2 N–H and O–H groups in total. The van der Waals surface area contributed by atoms with Crippen molar-refractivity contribution in [2.24, 2.45) is 0 Å². The minimum absolute atomic E-state index is 0.0726. The van der Waals surface area contributed by atoms with Crippen molar-refractivity contribution in [3.63, 3.8) is 0 Å². The summed E-state index contributed by atoms with van der Waals surface area (Å²) in [5.41, 5.74) is 0.840. The lowest BCUT2D eigenvalue weighted by Crippen LogP contribution is -2.64. The van der Waals surface area contributed by atoms with Gasteiger partial charge >= 0.3 is 12.0 Å². The number of esters is 1. The first kappa shape index (κ1) is 26.6. The predicted molar refractivity (Wildman–Crippen MR) is 128 cm³/mol. The molecular formula is C25H30FN5O5. The molecule has 2 atom stereocenters. The number of nitrogens with zero attached hydrogens (tertiary/aromatic N) is 3. The Hall–Kier alpha value is -4.02. The first-order valence-corrected chi connectivity index (χ1v) is 11.6. The molecule has 10 nitrogen and oxygen atoms in total. The number of amides is 4. The molecule has 0 bridgehead atoms. The number of ether oxygens (including phenoxy) is 1. The first-order chi connectivity index (χ1) is 17.2. The Morgan fingerprint density at radius 3 is 2.56 bits per heavy atom. The Kier molecular flexibility index (Phi) is 8.93. The molecule has 0 aliphatic carbocycles. The van der Waals surface area contributed by atoms with Crippen molar-refractivity contribution in [1.29, 1.82) is 0 Å². The van der Waals surface area contributed by atoms with Crippen molar-refractivity contribution >= 4 is 23.8 Å². The summed E-state index contributed by atoms with van der Waals surface area (Å²) in [4.78, 5) is 58.5. The zero-order valence-electron chi connectivity index (χ0n) is 20.4. The zero-order chi connectivity index (χ0) is 26.2. The van der Waals surface area contributed by atoms with E-state index in [1.165, 1.54) is 35.1 Å². The number of aromatic nitrogens is 1. The lowest BCUT2D eigenvalue weighted by molar-refractivity contribution is -0.145. The second kappa shape index (κ2) is 12.1. The summed E-state index contributed by atoms with van der Waals surface area (Å²) in [5.74, 6) is -2.30. The third-order valence-electron chi connectivity index (χ3n) is 5.68. The van der Waals surface area contributed by atoms with E-state index in [4.69, 9.17) is 4.74 Å². The van der Waals surface area contributed by atoms with Crippen LogP contribution < -0.4 is 10.6 Å². The van der Waals surface area contributed by atoms with Crippen molar-refractivity contribution < 1.29 is 28.3 Å². The fraction of sp³-hybridized carbons (Fsp3) is 0.400. The minimum atomic E-state index is -1.09. The standard InChI is InChI=1S/C25H30FN5O5/c1-16(2)28-25(35)31-11-10-30(23(33)18-7-4-8-19(26)13-18)15-21(31)22(32)29-20(24(34)36-3)12-17-6-5-9-27-14-17/h4-9,13-14,16,20-21H,10-12,15H2,1-3H3,(H,28,35)(H,29,32)/t20-,21+/m1/s1. The number of pyridine rings is 1. The van der Waals surface area contributed by atoms with Gasteiger partial charge in [0, 0.05) is 43.5 Å². The predicted octanol–water partition coefficient (Wildman–Crippen LogP) is 1.37. The van der Waals surface area contributed by atoms with Gasteiger partial charge in [-0.2, -0.15) is 0 Å². The van der Waals surface area contributed by atoms with Crippen molar-refractivity contribution in [2.75, 3.05) is 26.7 Å². The van der Waals surface area contributed by atoms with E-state index >= 15 is 0 Å². The zero-order valence-corrected chi connectivity index (χ0v) is 20.4. The largest absolute Gasteiger partial charge is 0.467 e. The second-order valence-corrected chi connectivity index (χ2v) is 8.72. The summed E-state index contributed by atoms with van der Waals surface area (Å²) in [6.45, 7) is 3.67. The van der Waals surface area contributed by atoms with Crippen LogP contribution in [0.25, 0.3) is 0 Å². The van der Waals surface area contributed by atoms with Crippen molar-refractivity contribution in [3.05, 3.63) is 65.7 Å². The number of benzene rings is 1. The van der Waals surface area contributed by atoms with Gasteiger partial charge in [0.1, 0.15) is 17.9 Å². The maximum Gasteiger partial charge on any atom is 0.328 e. The maximum atomic E-state index is 13.7. The maximum absolute atomic E-state index is 13.7. The quantitative estimate of drug-likeness (QED) is 0.555. The summed E-state index contributed by atoms with van der Waals surface area (Å²) >= 11 is 0. The van der Waals surface area contributed by atoms with Gasteiger partial charge in [0.25, 0.3) is 5.91 Å². The third-order valence-corrected chi connectivity index (χ3v) is 5.68. The molecule has 36 heavy (non-hydrogen) atoms. The Morgan fingerprint density at radius 1 is 1.14 bits per heavy atom. The fourth-order valence-corrected chi connectivity index (χ4v) is 3.93. The number of hydrogen-bond donors (Lipinski definition) is 2. The van der Waals surface area contributed by atoms with Gasteiger partial charge in [-0.3, -0.25) is 14.6 Å². The molecule has 0 saturated carbocycles. The Labute approximate surface area is 208 Å². The van der Waals surface area contributed by atoms with Crippen LogP contribution in [0.2, 0.25) is 0 Å². The Bertz CT molecular complexity index is 1100. The summed E-state index contributed by atoms with van der Waals surface area (Å²) < 4.78 is 18.5. The lowest BCUT2D eigenvalue weighted by Gasteiger charge is -2.41. The van der Waals surface area contributed by atoms with Gasteiger partial charge < -0.3 is 25.2 Å². The van der Waals surface area contributed by atoms with Gasteiger partial charge in [-0.05, 0) is 43.7 Å². The summed E-state index contributed by atoms with van der Waals surface area (Å²) in [6.07, 6.45) is 3.29. The number of nitrogens with one attached hydrogen (secondary N) is 2. The van der Waals surface area contributed by atoms with Crippen LogP contribution in [-0.4, -0.2) is 83.5 Å². The van der Waals surface area contributed by atoms with E-state index in [1.54, 1.807) is 38.4 Å². The van der Waals surface area contributed by atoms with E-state index in [-0.39, 0.29) is 37.7 Å². The molecular weight excluding hydrogens is 469 g/mol. The van der Waals surface area contributed by atoms with E-state index in [1.807, 2.05) is 0 Å². The highest BCUT2D eigenvalue weighted by Gasteiger charge is 2.39. The highest BCUT2D eigenvalue weighted by molar-refractivity contribution is 5.96. The number of carbonyl (C=O) groups excluding carboxylic acids is 4. The second-order valence-electron chi connectivity index (χ2n) is 8.72. The number of hydrogen-bond acceptors (Lipinski definition) is 6. The summed E-state index contributed by atoms with van der Waals surface area (Å²) in [7, 11) is 1.22. The number of piperazine rings is 1. The molecule has 1 aliphatic heterocycles. The average Bonchev–Trinajstić information content (AvgIpc) is 2.87. The van der Waals surface area contributed by atoms with Crippen molar-refractivity contribution in [3.8, 4) is 0 Å². The smallest absolute Gasteiger partial charge is 0.328 e. The van der Waals surface area contributed by atoms with Crippen LogP contribution in [0.1, 0.15) is 29.8 Å². The lowest BCUT2D eigenvalue weighted by atomic mass is 10.1. The molecule has 4 amide bonds. The molecule has 0 spiro atoms. The highest BCUT2D eigenvalue weighted by Crippen LogP contribution is 2.16. The normalized spacial score (nSPS) is 16.3. The number of urea groups is 1. The Balaban J connectivity index is 1.83. The van der Waals surface area contributed by atoms with Crippen LogP contribution in [0.5, 0.6) is 0 Å². The van der Waals surface area contributed by atoms with Gasteiger partial charge in [-0.15, -0.1) is 0 Å². The first-order valence-electron chi connectivity index (χ1n) is 11.6. The SMILES string of the molecule is COC(=O)[C@@H](Cc1cccnc1)NC(=O)[C@@H]1CN(C(=O)c2cccc(F)c2)CCN1C(=O)NC(C)C. The highest BCUT2D eigenvalue weighted by atomic mass is 19.1. The topological polar surface area (TPSA) is 121 Å². The molecule has 1 aromatic carbocycles. The third kappa shape index (κ3) is 6.77. The molecule has 0 unspecified atom stereocenters. The molecule has 2 aromatic rings. The molecule has 11 heteroatoms. The number of rotatable bonds is 7. The minimum Gasteiger partial charge on any atom is -0.467 e. The van der Waals surface area contributed by atoms with Gasteiger partial charge in [-0.25, -0.2) is 14.0 Å². The summed E-state index contributed by atoms with van der Waals surface area (Å²) in [6, 6.07) is 5.97. The number of halogens is 1.